The fourth-order valence-corrected chi connectivity index (χ4v) is 1.14. The maximum absolute atomic E-state index is 12.1. The van der Waals surface area contributed by atoms with E-state index in [0.29, 0.717) is 5.69 Å². The molecule has 8 heteroatoms. The first kappa shape index (κ1) is 12.8. The molecule has 0 radical (unpaired) electrons. The van der Waals surface area contributed by atoms with Crippen molar-refractivity contribution < 1.29 is 18.0 Å². The van der Waals surface area contributed by atoms with Crippen LogP contribution in [-0.2, 0) is 11.3 Å². The Morgan fingerprint density at radius 1 is 1.62 bits per heavy atom. The molecule has 0 aliphatic rings. The lowest BCUT2D eigenvalue weighted by atomic mass is 10.4. The first-order chi connectivity index (χ1) is 7.31. The van der Waals surface area contributed by atoms with E-state index in [4.69, 9.17) is 11.6 Å². The zero-order chi connectivity index (χ0) is 12.3. The van der Waals surface area contributed by atoms with Gasteiger partial charge in [-0.2, -0.15) is 18.3 Å². The predicted molar refractivity (Wildman–Crippen MR) is 52.4 cm³/mol. The van der Waals surface area contributed by atoms with Gasteiger partial charge in [0, 0.05) is 11.8 Å². The van der Waals surface area contributed by atoms with Crippen LogP contribution in [0.25, 0.3) is 0 Å². The van der Waals surface area contributed by atoms with E-state index in [9.17, 15) is 18.0 Å². The summed E-state index contributed by atoms with van der Waals surface area (Å²) in [7, 11) is 0. The lowest BCUT2D eigenvalue weighted by molar-refractivity contribution is -0.142. The number of anilines is 1. The fraction of sp³-hybridized carbons (Fsp3) is 0.500. The molecule has 1 heterocycles. The zero-order valence-corrected chi connectivity index (χ0v) is 9.06. The lowest BCUT2D eigenvalue weighted by Crippen LogP contribution is -2.20. The quantitative estimate of drug-likeness (QED) is 0.839. The number of rotatable bonds is 3. The number of aryl methyl sites for hydroxylation is 1. The average Bonchev–Trinajstić information content (AvgIpc) is 2.44. The van der Waals surface area contributed by atoms with E-state index < -0.39 is 18.6 Å². The Balaban J connectivity index is 2.78. The zero-order valence-electron chi connectivity index (χ0n) is 8.31. The molecule has 16 heavy (non-hydrogen) atoms. The van der Waals surface area contributed by atoms with Crippen molar-refractivity contribution in [3.05, 3.63) is 11.8 Å². The number of carbonyl (C=O) groups is 1. The minimum absolute atomic E-state index is 0.0624. The van der Waals surface area contributed by atoms with Crippen molar-refractivity contribution >= 4 is 23.3 Å². The number of nitrogens with one attached hydrogen (secondary N) is 1. The number of halogens is 4. The SMILES string of the molecule is Cc1cc(NC(=O)CCl)nn1CC(F)(F)F. The Hall–Kier alpha value is -1.24. The molecule has 0 saturated carbocycles. The van der Waals surface area contributed by atoms with E-state index in [-0.39, 0.29) is 11.7 Å². The van der Waals surface area contributed by atoms with Crippen LogP contribution in [0.15, 0.2) is 6.07 Å². The summed E-state index contributed by atoms with van der Waals surface area (Å²) in [6, 6.07) is 1.34. The number of carbonyl (C=O) groups excluding carboxylic acids is 1. The van der Waals surface area contributed by atoms with Crippen LogP contribution < -0.4 is 5.32 Å². The third-order valence-corrected chi connectivity index (χ3v) is 1.94. The van der Waals surface area contributed by atoms with Crippen LogP contribution in [-0.4, -0.2) is 27.7 Å². The van der Waals surface area contributed by atoms with E-state index in [1.54, 1.807) is 0 Å². The minimum atomic E-state index is -4.34. The van der Waals surface area contributed by atoms with Gasteiger partial charge >= 0.3 is 6.18 Å². The maximum atomic E-state index is 12.1. The van der Waals surface area contributed by atoms with Gasteiger partial charge in [0.25, 0.3) is 0 Å². The monoisotopic (exact) mass is 255 g/mol. The Morgan fingerprint density at radius 2 is 2.25 bits per heavy atom. The third kappa shape index (κ3) is 3.73. The highest BCUT2D eigenvalue weighted by Crippen LogP contribution is 2.19. The van der Waals surface area contributed by atoms with Gasteiger partial charge in [-0.25, -0.2) is 0 Å². The van der Waals surface area contributed by atoms with Crippen LogP contribution in [0.4, 0.5) is 19.0 Å². The Labute approximate surface area is 94.4 Å². The van der Waals surface area contributed by atoms with Crippen LogP contribution >= 0.6 is 11.6 Å². The summed E-state index contributed by atoms with van der Waals surface area (Å²) >= 11 is 5.23. The topological polar surface area (TPSA) is 46.9 Å². The second-order valence-corrected chi connectivity index (χ2v) is 3.39. The molecule has 0 saturated heterocycles. The van der Waals surface area contributed by atoms with Gasteiger partial charge in [-0.05, 0) is 6.92 Å². The predicted octanol–water partition coefficient (Wildman–Crippen LogP) is 1.93. The summed E-state index contributed by atoms with van der Waals surface area (Å²) in [5.41, 5.74) is 0.308. The molecule has 0 fully saturated rings. The number of alkyl halides is 4. The Morgan fingerprint density at radius 3 is 2.75 bits per heavy atom. The summed E-state index contributed by atoms with van der Waals surface area (Å²) in [4.78, 5) is 10.9. The first-order valence-corrected chi connectivity index (χ1v) is 4.82. The highest BCUT2D eigenvalue weighted by Gasteiger charge is 2.29. The number of hydrogen-bond acceptors (Lipinski definition) is 2. The van der Waals surface area contributed by atoms with Crippen LogP contribution in [0.3, 0.4) is 0 Å². The summed E-state index contributed by atoms with van der Waals surface area (Å²) in [5.74, 6) is -0.726. The highest BCUT2D eigenvalue weighted by atomic mass is 35.5. The molecule has 1 aromatic heterocycles. The van der Waals surface area contributed by atoms with Gasteiger partial charge in [-0.3, -0.25) is 9.48 Å². The molecule has 1 amide bonds. The largest absolute Gasteiger partial charge is 0.408 e. The van der Waals surface area contributed by atoms with Gasteiger partial charge in [-0.1, -0.05) is 0 Å². The smallest absolute Gasteiger partial charge is 0.308 e. The lowest BCUT2D eigenvalue weighted by Gasteiger charge is -2.07. The van der Waals surface area contributed by atoms with Crippen LogP contribution in [0.1, 0.15) is 5.69 Å². The van der Waals surface area contributed by atoms with Crippen LogP contribution in [0, 0.1) is 6.92 Å². The van der Waals surface area contributed by atoms with Crippen LogP contribution in [0.5, 0.6) is 0 Å². The van der Waals surface area contributed by atoms with E-state index in [0.717, 1.165) is 4.68 Å². The normalized spacial score (nSPS) is 11.6. The standard InChI is InChI=1S/C8H9ClF3N3O/c1-5-2-6(13-7(16)3-9)14-15(5)4-8(10,11)12/h2H,3-4H2,1H3,(H,13,14,16). The molecule has 0 unspecified atom stereocenters. The van der Waals surface area contributed by atoms with Crippen molar-refractivity contribution in [2.45, 2.75) is 19.6 Å². The fourth-order valence-electron chi connectivity index (χ4n) is 1.08. The summed E-state index contributed by atoms with van der Waals surface area (Å²) < 4.78 is 37.0. The second-order valence-electron chi connectivity index (χ2n) is 3.13. The van der Waals surface area contributed by atoms with Gasteiger partial charge in [0.2, 0.25) is 5.91 Å². The molecule has 4 nitrogen and oxygen atoms in total. The summed E-state index contributed by atoms with van der Waals surface area (Å²) in [6.07, 6.45) is -4.34. The van der Waals surface area contributed by atoms with E-state index in [1.807, 2.05) is 0 Å². The molecule has 1 aromatic rings. The Kier molecular flexibility index (Phi) is 3.79. The van der Waals surface area contributed by atoms with Crippen molar-refractivity contribution in [3.8, 4) is 0 Å². The number of nitrogens with zero attached hydrogens (tertiary/aromatic N) is 2. The number of amides is 1. The highest BCUT2D eigenvalue weighted by molar-refractivity contribution is 6.28. The number of aromatic nitrogens is 2. The van der Waals surface area contributed by atoms with Gasteiger partial charge < -0.3 is 5.32 Å². The van der Waals surface area contributed by atoms with Crippen LogP contribution in [0.2, 0.25) is 0 Å². The molecule has 0 aliphatic carbocycles. The van der Waals surface area contributed by atoms with E-state index in [2.05, 4.69) is 10.4 Å². The van der Waals surface area contributed by atoms with Gasteiger partial charge in [0.1, 0.15) is 12.4 Å². The summed E-state index contributed by atoms with van der Waals surface area (Å²) in [5, 5.41) is 5.86. The molecular formula is C8H9ClF3N3O. The second kappa shape index (κ2) is 4.73. The van der Waals surface area contributed by atoms with E-state index in [1.165, 1.54) is 13.0 Å². The molecule has 90 valence electrons. The van der Waals surface area contributed by atoms with Crippen molar-refractivity contribution in [3.63, 3.8) is 0 Å². The first-order valence-electron chi connectivity index (χ1n) is 4.29. The molecule has 1 N–H and O–H groups in total. The van der Waals surface area contributed by atoms with Crippen molar-refractivity contribution in [2.75, 3.05) is 11.2 Å². The molecule has 0 bridgehead atoms. The molecular weight excluding hydrogens is 247 g/mol. The maximum Gasteiger partial charge on any atom is 0.408 e. The molecule has 0 spiro atoms. The van der Waals surface area contributed by atoms with E-state index >= 15 is 0 Å². The van der Waals surface area contributed by atoms with Gasteiger partial charge in [0.05, 0.1) is 0 Å². The van der Waals surface area contributed by atoms with Gasteiger partial charge in [0.15, 0.2) is 5.82 Å². The van der Waals surface area contributed by atoms with Gasteiger partial charge in [-0.15, -0.1) is 11.6 Å². The molecule has 1 rings (SSSR count). The minimum Gasteiger partial charge on any atom is -0.308 e. The molecule has 0 aliphatic heterocycles. The van der Waals surface area contributed by atoms with Crippen molar-refractivity contribution in [1.29, 1.82) is 0 Å². The summed E-state index contributed by atoms with van der Waals surface area (Å²) in [6.45, 7) is 0.282. The average molecular weight is 256 g/mol. The van der Waals surface area contributed by atoms with Crippen molar-refractivity contribution in [2.24, 2.45) is 0 Å². The Bertz CT molecular complexity index is 388. The third-order valence-electron chi connectivity index (χ3n) is 1.70. The molecule has 0 aromatic carbocycles. The number of hydrogen-bond donors (Lipinski definition) is 1. The molecule has 0 atom stereocenters. The van der Waals surface area contributed by atoms with Crippen molar-refractivity contribution in [1.82, 2.24) is 9.78 Å².